The van der Waals surface area contributed by atoms with E-state index in [0.717, 1.165) is 24.0 Å². The number of amides is 1. The number of likely N-dealkylation sites (tertiary alicyclic amines) is 1. The quantitative estimate of drug-likeness (QED) is 0.456. The Kier molecular flexibility index (Phi) is 7.79. The Labute approximate surface area is 205 Å². The highest BCUT2D eigenvalue weighted by Crippen LogP contribution is 2.29. The first-order valence-electron chi connectivity index (χ1n) is 11.8. The molecule has 1 heterocycles. The van der Waals surface area contributed by atoms with Crippen molar-refractivity contribution in [3.63, 3.8) is 0 Å². The smallest absolute Gasteiger partial charge is 0.304 e. The number of hydrogen-bond acceptors (Lipinski definition) is 4. The van der Waals surface area contributed by atoms with Crippen LogP contribution in [0.15, 0.2) is 78.9 Å². The Balaban J connectivity index is 1.37. The molecule has 2 atom stereocenters. The summed E-state index contributed by atoms with van der Waals surface area (Å²) >= 11 is 0. The molecule has 4 rings (SSSR count). The second kappa shape index (κ2) is 11.3. The number of benzene rings is 3. The van der Waals surface area contributed by atoms with E-state index in [9.17, 15) is 14.7 Å². The maximum absolute atomic E-state index is 12.9. The summed E-state index contributed by atoms with van der Waals surface area (Å²) in [6, 6.07) is 27.2. The van der Waals surface area contributed by atoms with Crippen LogP contribution in [-0.2, 0) is 16.0 Å². The number of carbonyl (C=O) groups is 2. The van der Waals surface area contributed by atoms with E-state index in [4.69, 9.17) is 10.00 Å². The highest BCUT2D eigenvalue weighted by Gasteiger charge is 2.40. The van der Waals surface area contributed by atoms with Crippen LogP contribution >= 0.6 is 0 Å². The fraction of sp³-hybridized carbons (Fsp3) is 0.276. The van der Waals surface area contributed by atoms with Crippen molar-refractivity contribution in [2.75, 3.05) is 13.2 Å². The van der Waals surface area contributed by atoms with Gasteiger partial charge in [0.1, 0.15) is 12.4 Å². The summed E-state index contributed by atoms with van der Waals surface area (Å²) in [5.41, 5.74) is 3.87. The predicted molar refractivity (Wildman–Crippen MR) is 133 cm³/mol. The number of nitriles is 1. The molecule has 1 N–H and O–H groups in total. The molecular formula is C29H28N2O4. The zero-order valence-corrected chi connectivity index (χ0v) is 19.5. The van der Waals surface area contributed by atoms with Gasteiger partial charge in [0.15, 0.2) is 0 Å². The van der Waals surface area contributed by atoms with Crippen LogP contribution in [0.2, 0.25) is 0 Å². The van der Waals surface area contributed by atoms with Gasteiger partial charge in [-0.2, -0.15) is 5.26 Å². The number of carboxylic acid groups (broad SMARTS) is 1. The summed E-state index contributed by atoms with van der Waals surface area (Å²) in [6.45, 7) is 0.902. The average molecular weight is 469 g/mol. The van der Waals surface area contributed by atoms with Gasteiger partial charge in [0.25, 0.3) is 0 Å². The molecule has 1 amide bonds. The van der Waals surface area contributed by atoms with E-state index in [1.54, 1.807) is 12.1 Å². The standard InChI is InChI=1S/C29H28N2O4/c30-19-22-8-10-23(11-9-22)24-12-14-27(15-13-24)35-20-26-17-25(18-28(32)33)29(34)31(26)16-4-7-21-5-2-1-3-6-21/h1-3,5-6,8-15,25-26H,4,7,16-18,20H2,(H,32,33)/t25-,26+/m1/s1. The Bertz CT molecular complexity index is 1180. The van der Waals surface area contributed by atoms with Gasteiger partial charge < -0.3 is 14.7 Å². The molecule has 0 aliphatic carbocycles. The summed E-state index contributed by atoms with van der Waals surface area (Å²) in [7, 11) is 0. The van der Waals surface area contributed by atoms with Gasteiger partial charge in [-0.15, -0.1) is 0 Å². The monoisotopic (exact) mass is 468 g/mol. The molecule has 1 aliphatic rings. The van der Waals surface area contributed by atoms with Crippen molar-refractivity contribution < 1.29 is 19.4 Å². The van der Waals surface area contributed by atoms with Crippen LogP contribution in [0.5, 0.6) is 5.75 Å². The number of aliphatic carboxylic acids is 1. The van der Waals surface area contributed by atoms with Crippen LogP contribution in [-0.4, -0.2) is 41.1 Å². The lowest BCUT2D eigenvalue weighted by Gasteiger charge is -2.25. The molecule has 1 saturated heterocycles. The van der Waals surface area contributed by atoms with Crippen molar-refractivity contribution in [3.8, 4) is 22.9 Å². The molecule has 0 radical (unpaired) electrons. The number of carbonyl (C=O) groups excluding carboxylic acids is 1. The van der Waals surface area contributed by atoms with Crippen LogP contribution in [0.3, 0.4) is 0 Å². The van der Waals surface area contributed by atoms with Crippen molar-refractivity contribution in [3.05, 3.63) is 90.0 Å². The lowest BCUT2D eigenvalue weighted by atomic mass is 10.0. The molecule has 0 unspecified atom stereocenters. The van der Waals surface area contributed by atoms with Crippen molar-refractivity contribution in [1.29, 1.82) is 5.26 Å². The van der Waals surface area contributed by atoms with E-state index >= 15 is 0 Å². The molecule has 1 fully saturated rings. The zero-order chi connectivity index (χ0) is 24.6. The third-order valence-electron chi connectivity index (χ3n) is 6.40. The Morgan fingerprint density at radius 2 is 1.66 bits per heavy atom. The molecule has 1 aliphatic heterocycles. The first kappa shape index (κ1) is 24.0. The van der Waals surface area contributed by atoms with Gasteiger partial charge in [-0.1, -0.05) is 54.6 Å². The van der Waals surface area contributed by atoms with E-state index in [0.29, 0.717) is 30.9 Å². The first-order chi connectivity index (χ1) is 17.0. The number of nitrogens with zero attached hydrogens (tertiary/aromatic N) is 2. The Morgan fingerprint density at radius 3 is 2.29 bits per heavy atom. The van der Waals surface area contributed by atoms with Gasteiger partial charge in [0.2, 0.25) is 5.91 Å². The zero-order valence-electron chi connectivity index (χ0n) is 19.5. The molecule has 6 heteroatoms. The van der Waals surface area contributed by atoms with Gasteiger partial charge in [-0.05, 0) is 60.2 Å². The third kappa shape index (κ3) is 6.27. The molecule has 35 heavy (non-hydrogen) atoms. The average Bonchev–Trinajstić information content (AvgIpc) is 3.17. The van der Waals surface area contributed by atoms with Crippen LogP contribution in [0, 0.1) is 17.2 Å². The normalized spacial score (nSPS) is 17.2. The SMILES string of the molecule is N#Cc1ccc(-c2ccc(OC[C@@H]3C[C@H](CC(=O)O)C(=O)N3CCCc3ccccc3)cc2)cc1. The van der Waals surface area contributed by atoms with Crippen molar-refractivity contribution in [2.45, 2.75) is 31.7 Å². The molecule has 0 aromatic heterocycles. The summed E-state index contributed by atoms with van der Waals surface area (Å²) in [6.07, 6.45) is 2.01. The van der Waals surface area contributed by atoms with Gasteiger partial charge in [-0.25, -0.2) is 0 Å². The minimum absolute atomic E-state index is 0.0924. The molecule has 6 nitrogen and oxygen atoms in total. The first-order valence-corrected chi connectivity index (χ1v) is 11.8. The predicted octanol–water partition coefficient (Wildman–Crippen LogP) is 4.93. The fourth-order valence-corrected chi connectivity index (χ4v) is 4.57. The van der Waals surface area contributed by atoms with E-state index in [1.165, 1.54) is 5.56 Å². The number of rotatable bonds is 10. The minimum Gasteiger partial charge on any atom is -0.491 e. The molecule has 0 bridgehead atoms. The summed E-state index contributed by atoms with van der Waals surface area (Å²) < 4.78 is 6.03. The summed E-state index contributed by atoms with van der Waals surface area (Å²) in [5.74, 6) is -0.852. The van der Waals surface area contributed by atoms with Crippen LogP contribution in [0.4, 0.5) is 0 Å². The van der Waals surface area contributed by atoms with Gasteiger partial charge in [0.05, 0.1) is 30.0 Å². The fourth-order valence-electron chi connectivity index (χ4n) is 4.57. The highest BCUT2D eigenvalue weighted by atomic mass is 16.5. The maximum atomic E-state index is 12.9. The van der Waals surface area contributed by atoms with Crippen molar-refractivity contribution >= 4 is 11.9 Å². The lowest BCUT2D eigenvalue weighted by Crippen LogP contribution is -2.38. The molecular weight excluding hydrogens is 440 g/mol. The van der Waals surface area contributed by atoms with Gasteiger partial charge in [-0.3, -0.25) is 9.59 Å². The van der Waals surface area contributed by atoms with E-state index < -0.39 is 11.9 Å². The molecule has 0 spiro atoms. The molecule has 0 saturated carbocycles. The van der Waals surface area contributed by atoms with Crippen LogP contribution in [0.25, 0.3) is 11.1 Å². The summed E-state index contributed by atoms with van der Waals surface area (Å²) in [4.78, 5) is 26.0. The van der Waals surface area contributed by atoms with Gasteiger partial charge in [0, 0.05) is 6.54 Å². The maximum Gasteiger partial charge on any atom is 0.304 e. The topological polar surface area (TPSA) is 90.6 Å². The number of hydrogen-bond donors (Lipinski definition) is 1. The van der Waals surface area contributed by atoms with E-state index in [1.807, 2.05) is 59.5 Å². The highest BCUT2D eigenvalue weighted by molar-refractivity contribution is 5.85. The molecule has 3 aromatic rings. The van der Waals surface area contributed by atoms with Crippen LogP contribution in [0.1, 0.15) is 30.4 Å². The van der Waals surface area contributed by atoms with Crippen LogP contribution < -0.4 is 4.74 Å². The second-order valence-electron chi connectivity index (χ2n) is 8.83. The number of ether oxygens (including phenoxy) is 1. The third-order valence-corrected chi connectivity index (χ3v) is 6.40. The van der Waals surface area contributed by atoms with Crippen molar-refractivity contribution in [1.82, 2.24) is 4.90 Å². The molecule has 178 valence electrons. The van der Waals surface area contributed by atoms with Gasteiger partial charge >= 0.3 is 5.97 Å². The van der Waals surface area contributed by atoms with E-state index in [2.05, 4.69) is 18.2 Å². The number of carboxylic acids is 1. The molecule has 3 aromatic carbocycles. The number of aryl methyl sites for hydroxylation is 1. The lowest BCUT2D eigenvalue weighted by molar-refractivity contribution is -0.142. The van der Waals surface area contributed by atoms with E-state index in [-0.39, 0.29) is 18.4 Å². The minimum atomic E-state index is -0.951. The Hall–Kier alpha value is -4.11. The summed E-state index contributed by atoms with van der Waals surface area (Å²) in [5, 5.41) is 18.2. The largest absolute Gasteiger partial charge is 0.491 e. The second-order valence-corrected chi connectivity index (χ2v) is 8.83. The van der Waals surface area contributed by atoms with Crippen molar-refractivity contribution in [2.24, 2.45) is 5.92 Å². The Morgan fingerprint density at radius 1 is 1.00 bits per heavy atom.